The van der Waals surface area contributed by atoms with Crippen molar-refractivity contribution in [2.45, 2.75) is 72.6 Å². The highest BCUT2D eigenvalue weighted by Gasteiger charge is 2.48. The summed E-state index contributed by atoms with van der Waals surface area (Å²) in [5.74, 6) is -2.01. The number of aliphatic imine (C=N–C) groups is 3. The van der Waals surface area contributed by atoms with E-state index in [1.54, 1.807) is 26.0 Å². The number of rotatable bonds is 8. The van der Waals surface area contributed by atoms with Crippen LogP contribution in [-0.4, -0.2) is 71.6 Å². The minimum atomic E-state index is -4.99. The Morgan fingerprint density at radius 2 is 1.37 bits per heavy atom. The van der Waals surface area contributed by atoms with E-state index in [0.29, 0.717) is 50.1 Å². The molecular formula is C37H37F3N4O7. The summed E-state index contributed by atoms with van der Waals surface area (Å²) in [6.45, 7) is 7.73. The van der Waals surface area contributed by atoms with Gasteiger partial charge in [-0.25, -0.2) is 15.0 Å². The summed E-state index contributed by atoms with van der Waals surface area (Å²) in [5.41, 5.74) is 5.45. The lowest BCUT2D eigenvalue weighted by Crippen LogP contribution is -2.36. The van der Waals surface area contributed by atoms with Crippen LogP contribution in [0.3, 0.4) is 0 Å². The third-order valence-corrected chi connectivity index (χ3v) is 9.14. The summed E-state index contributed by atoms with van der Waals surface area (Å²) in [7, 11) is 2.58. The van der Waals surface area contributed by atoms with Gasteiger partial charge in [0.15, 0.2) is 0 Å². The Bertz CT molecular complexity index is 2150. The third kappa shape index (κ3) is 7.35. The Balaban J connectivity index is 1.84. The fourth-order valence-corrected chi connectivity index (χ4v) is 6.32. The lowest BCUT2D eigenvalue weighted by atomic mass is 9.95. The van der Waals surface area contributed by atoms with Crippen LogP contribution in [0.4, 0.5) is 13.2 Å². The van der Waals surface area contributed by atoms with E-state index in [1.165, 1.54) is 33.3 Å². The van der Waals surface area contributed by atoms with Gasteiger partial charge in [-0.2, -0.15) is 13.2 Å². The molecule has 8 bridgehead atoms. The number of hydrogen-bond acceptors (Lipinski definition) is 10. The summed E-state index contributed by atoms with van der Waals surface area (Å²) >= 11 is 0. The second kappa shape index (κ2) is 14.4. The van der Waals surface area contributed by atoms with Crippen LogP contribution in [0.5, 0.6) is 0 Å². The molecule has 0 spiro atoms. The minimum Gasteiger partial charge on any atom is -0.515 e. The van der Waals surface area contributed by atoms with E-state index in [9.17, 15) is 32.7 Å². The molecule has 0 amide bonds. The van der Waals surface area contributed by atoms with Gasteiger partial charge in [-0.1, -0.05) is 0 Å². The average molecular weight is 707 g/mol. The zero-order chi connectivity index (χ0) is 37.4. The zero-order valence-electron chi connectivity index (χ0n) is 29.2. The van der Waals surface area contributed by atoms with Gasteiger partial charge in [-0.05, 0) is 98.3 Å². The van der Waals surface area contributed by atoms with Gasteiger partial charge in [0.25, 0.3) is 0 Å². The molecule has 1 atom stereocenters. The van der Waals surface area contributed by atoms with Crippen LogP contribution >= 0.6 is 0 Å². The first-order chi connectivity index (χ1) is 24.1. The molecule has 4 aliphatic rings. The normalized spacial score (nSPS) is 18.1. The Morgan fingerprint density at radius 1 is 0.804 bits per heavy atom. The summed E-state index contributed by atoms with van der Waals surface area (Å²) < 4.78 is 58.4. The van der Waals surface area contributed by atoms with Gasteiger partial charge in [0.2, 0.25) is 6.10 Å². The number of H-pyrrole nitrogens is 1. The predicted molar refractivity (Wildman–Crippen MR) is 185 cm³/mol. The first-order valence-corrected chi connectivity index (χ1v) is 16.0. The van der Waals surface area contributed by atoms with Crippen molar-refractivity contribution in [3.63, 3.8) is 0 Å². The van der Waals surface area contributed by atoms with E-state index in [1.807, 2.05) is 6.92 Å². The van der Waals surface area contributed by atoms with Gasteiger partial charge in [-0.3, -0.25) is 14.4 Å². The smallest absolute Gasteiger partial charge is 0.429 e. The number of nitrogens with zero attached hydrogens (tertiary/aromatic N) is 3. The van der Waals surface area contributed by atoms with Crippen molar-refractivity contribution in [3.8, 4) is 0 Å². The van der Waals surface area contributed by atoms with Gasteiger partial charge < -0.3 is 24.3 Å². The molecule has 0 fully saturated rings. The van der Waals surface area contributed by atoms with E-state index >= 15 is 0 Å². The first-order valence-electron chi connectivity index (χ1n) is 16.0. The van der Waals surface area contributed by atoms with Crippen molar-refractivity contribution in [2.75, 3.05) is 14.2 Å². The van der Waals surface area contributed by atoms with Crippen molar-refractivity contribution in [1.82, 2.24) is 4.98 Å². The number of aliphatic hydroxyl groups is 1. The van der Waals surface area contributed by atoms with E-state index in [0.717, 1.165) is 24.3 Å². The van der Waals surface area contributed by atoms with Crippen LogP contribution in [0.1, 0.15) is 64.6 Å². The molecule has 1 aromatic heterocycles. The van der Waals surface area contributed by atoms with Crippen LogP contribution < -0.4 is 10.6 Å². The fourth-order valence-electron chi connectivity index (χ4n) is 6.32. The molecule has 268 valence electrons. The molecule has 4 aliphatic heterocycles. The van der Waals surface area contributed by atoms with Crippen LogP contribution in [0.2, 0.25) is 0 Å². The highest BCUT2D eigenvalue weighted by molar-refractivity contribution is 6.24. The second-order valence-corrected chi connectivity index (χ2v) is 12.3. The predicted octanol–water partition coefficient (Wildman–Crippen LogP) is 5.24. The van der Waals surface area contributed by atoms with E-state index in [4.69, 9.17) is 24.2 Å². The van der Waals surface area contributed by atoms with Gasteiger partial charge in [0.05, 0.1) is 60.1 Å². The lowest BCUT2D eigenvalue weighted by molar-refractivity contribution is -0.209. The fraction of sp³-hybridized carbons (Fsp3) is 0.351. The van der Waals surface area contributed by atoms with E-state index in [-0.39, 0.29) is 53.9 Å². The average Bonchev–Trinajstić information content (AvgIpc) is 3.73. The van der Waals surface area contributed by atoms with Crippen molar-refractivity contribution >= 4 is 53.5 Å². The molecule has 5 heterocycles. The Morgan fingerprint density at radius 3 is 1.96 bits per heavy atom. The molecule has 0 aromatic carbocycles. The number of aromatic nitrogens is 1. The zero-order valence-corrected chi connectivity index (χ0v) is 29.2. The molecule has 0 aliphatic carbocycles. The van der Waals surface area contributed by atoms with Crippen LogP contribution in [0, 0.1) is 6.92 Å². The number of carbonyl (C=O) groups is 3. The number of allylic oxidation sites excluding steroid dienone is 7. The number of methoxy groups -OCH3 is 2. The van der Waals surface area contributed by atoms with Gasteiger partial charge in [0.1, 0.15) is 0 Å². The first kappa shape index (κ1) is 36.7. The van der Waals surface area contributed by atoms with Crippen LogP contribution in [0.25, 0.3) is 18.4 Å². The number of fused-ring (bicyclic) bond motifs is 5. The highest BCUT2D eigenvalue weighted by Crippen LogP contribution is 2.40. The van der Waals surface area contributed by atoms with E-state index < -0.39 is 30.2 Å². The maximum Gasteiger partial charge on any atom is 0.429 e. The number of aromatic amines is 1. The Kier molecular flexibility index (Phi) is 10.4. The number of halogens is 3. The van der Waals surface area contributed by atoms with Crippen LogP contribution in [-0.2, 0) is 28.6 Å². The number of aliphatic hydroxyl groups excluding tert-OH is 1. The van der Waals surface area contributed by atoms with Gasteiger partial charge in [0, 0.05) is 36.3 Å². The number of esters is 3. The molecule has 14 heteroatoms. The minimum absolute atomic E-state index is 0.00409. The summed E-state index contributed by atoms with van der Waals surface area (Å²) in [6, 6.07) is 0. The highest BCUT2D eigenvalue weighted by atomic mass is 19.4. The summed E-state index contributed by atoms with van der Waals surface area (Å²) in [5, 5.41) is 11.0. The molecule has 5 rings (SSSR count). The Labute approximate surface area is 291 Å². The van der Waals surface area contributed by atoms with Gasteiger partial charge >= 0.3 is 24.1 Å². The molecule has 0 saturated heterocycles. The van der Waals surface area contributed by atoms with Crippen molar-refractivity contribution in [3.05, 3.63) is 84.5 Å². The Hall–Kier alpha value is -5.53. The second-order valence-electron chi connectivity index (χ2n) is 12.3. The van der Waals surface area contributed by atoms with Gasteiger partial charge in [-0.15, -0.1) is 0 Å². The van der Waals surface area contributed by atoms with Crippen molar-refractivity contribution in [1.29, 1.82) is 0 Å². The summed E-state index contributed by atoms with van der Waals surface area (Å²) in [6.07, 6.45) is 0.254. The number of nitrogens with one attached hydrogen (secondary N) is 1. The maximum atomic E-state index is 14.6. The SMILES string of the molecule is COC(=O)CCC1=C(C)C2=NC1=CC1=NC(=Cc3[nH]c(/c(=C\O)c3C)=CC3=NC(=C2)C(C(OC(C)=O)C(F)(F)F)=C3C)C(C)=C1CCC(=O)OC. The molecular weight excluding hydrogens is 669 g/mol. The standard InChI is InChI=1S/C37H37F3N4O7/c1-17-22(8-10-33(47)49-6)29-15-30-23(9-11-34(48)50-7)18(2)27(42-30)14-32-35(36(37(38,39)40)51-21(5)46)20(4)28(44-32)13-31-24(16-45)19(3)26(43-31)12-25(17)41-29/h12-16,36,43,45H,8-11H2,1-7H3/b24-16-,25-12?,30-15?,31-13?,32-14?. The summed E-state index contributed by atoms with van der Waals surface area (Å²) in [4.78, 5) is 53.9. The number of hydrogen-bond donors (Lipinski definition) is 2. The molecule has 1 unspecified atom stereocenters. The number of alkyl halides is 3. The van der Waals surface area contributed by atoms with Crippen molar-refractivity contribution < 1.29 is 46.9 Å². The number of ether oxygens (including phenoxy) is 3. The molecule has 2 N–H and O–H groups in total. The number of carbonyl (C=O) groups excluding carboxylic acids is 3. The largest absolute Gasteiger partial charge is 0.515 e. The molecule has 1 aromatic rings. The molecule has 0 radical (unpaired) electrons. The van der Waals surface area contributed by atoms with E-state index in [2.05, 4.69) is 9.98 Å². The third-order valence-electron chi connectivity index (χ3n) is 9.14. The van der Waals surface area contributed by atoms with Crippen LogP contribution in [0.15, 0.2) is 77.7 Å². The quantitative estimate of drug-likeness (QED) is 0.277. The molecule has 51 heavy (non-hydrogen) atoms. The molecule has 11 nitrogen and oxygen atoms in total. The maximum absolute atomic E-state index is 14.6. The topological polar surface area (TPSA) is 152 Å². The molecule has 0 saturated carbocycles. The van der Waals surface area contributed by atoms with Crippen molar-refractivity contribution in [2.24, 2.45) is 15.0 Å². The monoisotopic (exact) mass is 706 g/mol. The lowest BCUT2D eigenvalue weighted by Gasteiger charge is -2.22.